The molecule has 0 radical (unpaired) electrons. The van der Waals surface area contributed by atoms with Crippen LogP contribution in [0.4, 0.5) is 5.69 Å². The number of hydrogen-bond donors (Lipinski definition) is 1. The van der Waals surface area contributed by atoms with Crippen LogP contribution in [0.2, 0.25) is 0 Å². The molecular formula is C18H17N3O4. The third-order valence-corrected chi connectivity index (χ3v) is 4.26. The number of ether oxygens (including phenoxy) is 2. The SMILES string of the molecule is O=C(Nc1ccc2c(c1)OCO2)c1ccnc(C(=O)N2CCCC2)c1. The second-order valence-corrected chi connectivity index (χ2v) is 5.95. The molecule has 25 heavy (non-hydrogen) atoms. The molecule has 128 valence electrons. The predicted octanol–water partition coefficient (Wildman–Crippen LogP) is 2.30. The highest BCUT2D eigenvalue weighted by Gasteiger charge is 2.21. The van der Waals surface area contributed by atoms with Crippen LogP contribution >= 0.6 is 0 Å². The maximum absolute atomic E-state index is 12.5. The molecule has 7 nitrogen and oxygen atoms in total. The number of nitrogens with zero attached hydrogens (tertiary/aromatic N) is 2. The fourth-order valence-electron chi connectivity index (χ4n) is 2.95. The summed E-state index contributed by atoms with van der Waals surface area (Å²) in [6.07, 6.45) is 3.50. The third kappa shape index (κ3) is 3.13. The number of benzene rings is 1. The van der Waals surface area contributed by atoms with Gasteiger partial charge < -0.3 is 19.7 Å². The molecule has 1 saturated heterocycles. The van der Waals surface area contributed by atoms with Gasteiger partial charge in [-0.2, -0.15) is 0 Å². The van der Waals surface area contributed by atoms with Crippen molar-refractivity contribution in [1.29, 1.82) is 0 Å². The molecule has 2 aromatic rings. The second-order valence-electron chi connectivity index (χ2n) is 5.95. The molecule has 1 aromatic heterocycles. The Labute approximate surface area is 144 Å². The number of hydrogen-bond acceptors (Lipinski definition) is 5. The van der Waals surface area contributed by atoms with Crippen molar-refractivity contribution in [2.75, 3.05) is 25.2 Å². The topological polar surface area (TPSA) is 80.8 Å². The Balaban J connectivity index is 1.50. The summed E-state index contributed by atoms with van der Waals surface area (Å²) in [7, 11) is 0. The zero-order chi connectivity index (χ0) is 17.2. The number of likely N-dealkylation sites (tertiary alicyclic amines) is 1. The molecular weight excluding hydrogens is 322 g/mol. The lowest BCUT2D eigenvalue weighted by atomic mass is 10.2. The average Bonchev–Trinajstić information content (AvgIpc) is 3.32. The highest BCUT2D eigenvalue weighted by Crippen LogP contribution is 2.34. The number of nitrogens with one attached hydrogen (secondary N) is 1. The number of carbonyl (C=O) groups is 2. The van der Waals surface area contributed by atoms with Gasteiger partial charge >= 0.3 is 0 Å². The lowest BCUT2D eigenvalue weighted by Gasteiger charge is -2.14. The van der Waals surface area contributed by atoms with Crippen LogP contribution in [0.5, 0.6) is 11.5 Å². The first-order chi connectivity index (χ1) is 12.2. The third-order valence-electron chi connectivity index (χ3n) is 4.26. The van der Waals surface area contributed by atoms with Gasteiger partial charge in [0, 0.05) is 36.6 Å². The number of rotatable bonds is 3. The van der Waals surface area contributed by atoms with Crippen LogP contribution in [0, 0.1) is 0 Å². The molecule has 3 heterocycles. The molecule has 1 N–H and O–H groups in total. The summed E-state index contributed by atoms with van der Waals surface area (Å²) >= 11 is 0. The van der Waals surface area contributed by atoms with E-state index in [1.54, 1.807) is 29.2 Å². The lowest BCUT2D eigenvalue weighted by Crippen LogP contribution is -2.28. The van der Waals surface area contributed by atoms with Crippen LogP contribution in [0.15, 0.2) is 36.5 Å². The van der Waals surface area contributed by atoms with Crippen molar-refractivity contribution in [1.82, 2.24) is 9.88 Å². The molecule has 4 rings (SSSR count). The van der Waals surface area contributed by atoms with E-state index in [-0.39, 0.29) is 18.6 Å². The Morgan fingerprint density at radius 3 is 2.68 bits per heavy atom. The fraction of sp³-hybridized carbons (Fsp3) is 0.278. The van der Waals surface area contributed by atoms with E-state index in [1.165, 1.54) is 12.3 Å². The minimum absolute atomic E-state index is 0.129. The molecule has 7 heteroatoms. The number of pyridine rings is 1. The minimum Gasteiger partial charge on any atom is -0.454 e. The molecule has 1 fully saturated rings. The fourth-order valence-corrected chi connectivity index (χ4v) is 2.95. The van der Waals surface area contributed by atoms with E-state index in [4.69, 9.17) is 9.47 Å². The van der Waals surface area contributed by atoms with Gasteiger partial charge in [0.25, 0.3) is 11.8 Å². The number of carbonyl (C=O) groups excluding carboxylic acids is 2. The molecule has 0 atom stereocenters. The van der Waals surface area contributed by atoms with Gasteiger partial charge in [0.2, 0.25) is 6.79 Å². The first-order valence-corrected chi connectivity index (χ1v) is 8.17. The molecule has 0 bridgehead atoms. The van der Waals surface area contributed by atoms with E-state index in [9.17, 15) is 9.59 Å². The normalized spacial score (nSPS) is 15.3. The van der Waals surface area contributed by atoms with Crippen LogP contribution in [-0.2, 0) is 0 Å². The molecule has 2 aliphatic heterocycles. The van der Waals surface area contributed by atoms with E-state index in [1.807, 2.05) is 0 Å². The monoisotopic (exact) mass is 339 g/mol. The molecule has 0 aliphatic carbocycles. The van der Waals surface area contributed by atoms with Gasteiger partial charge in [-0.15, -0.1) is 0 Å². The Morgan fingerprint density at radius 1 is 1.04 bits per heavy atom. The van der Waals surface area contributed by atoms with Gasteiger partial charge in [-0.3, -0.25) is 14.6 Å². The van der Waals surface area contributed by atoms with Gasteiger partial charge in [0.1, 0.15) is 5.69 Å². The minimum atomic E-state index is -0.309. The van der Waals surface area contributed by atoms with E-state index in [0.717, 1.165) is 25.9 Å². The van der Waals surface area contributed by atoms with Crippen LogP contribution in [-0.4, -0.2) is 41.6 Å². The van der Waals surface area contributed by atoms with E-state index in [0.29, 0.717) is 28.4 Å². The van der Waals surface area contributed by atoms with E-state index < -0.39 is 0 Å². The lowest BCUT2D eigenvalue weighted by molar-refractivity contribution is 0.0787. The number of anilines is 1. The van der Waals surface area contributed by atoms with Crippen molar-refractivity contribution in [2.45, 2.75) is 12.8 Å². The first-order valence-electron chi connectivity index (χ1n) is 8.17. The molecule has 0 unspecified atom stereocenters. The Bertz CT molecular complexity index is 831. The Hall–Kier alpha value is -3.09. The molecule has 2 aliphatic rings. The zero-order valence-corrected chi connectivity index (χ0v) is 13.5. The van der Waals surface area contributed by atoms with Crippen molar-refractivity contribution >= 4 is 17.5 Å². The summed E-state index contributed by atoms with van der Waals surface area (Å²) in [5.74, 6) is 0.810. The van der Waals surface area contributed by atoms with Gasteiger partial charge in [0.05, 0.1) is 0 Å². The zero-order valence-electron chi connectivity index (χ0n) is 13.5. The van der Waals surface area contributed by atoms with Gasteiger partial charge in [-0.1, -0.05) is 0 Å². The Kier molecular flexibility index (Phi) is 3.97. The van der Waals surface area contributed by atoms with Crippen molar-refractivity contribution < 1.29 is 19.1 Å². The summed E-state index contributed by atoms with van der Waals surface area (Å²) < 4.78 is 10.5. The van der Waals surface area contributed by atoms with Gasteiger partial charge in [-0.05, 0) is 37.1 Å². The molecule has 1 aromatic carbocycles. The summed E-state index contributed by atoms with van der Waals surface area (Å²) in [4.78, 5) is 30.8. The number of fused-ring (bicyclic) bond motifs is 1. The van der Waals surface area contributed by atoms with Crippen LogP contribution < -0.4 is 14.8 Å². The molecule has 2 amide bonds. The summed E-state index contributed by atoms with van der Waals surface area (Å²) in [6.45, 7) is 1.67. The summed E-state index contributed by atoms with van der Waals surface area (Å²) in [6, 6.07) is 8.31. The average molecular weight is 339 g/mol. The maximum Gasteiger partial charge on any atom is 0.272 e. The van der Waals surface area contributed by atoms with E-state index >= 15 is 0 Å². The van der Waals surface area contributed by atoms with Gasteiger partial charge in [-0.25, -0.2) is 0 Å². The highest BCUT2D eigenvalue weighted by molar-refractivity contribution is 6.05. The largest absolute Gasteiger partial charge is 0.454 e. The van der Waals surface area contributed by atoms with Crippen LogP contribution in [0.1, 0.15) is 33.7 Å². The van der Waals surface area contributed by atoms with Gasteiger partial charge in [0.15, 0.2) is 11.5 Å². The van der Waals surface area contributed by atoms with Crippen molar-refractivity contribution in [3.8, 4) is 11.5 Å². The predicted molar refractivity (Wildman–Crippen MR) is 89.9 cm³/mol. The summed E-state index contributed by atoms with van der Waals surface area (Å²) in [5.41, 5.74) is 1.27. The highest BCUT2D eigenvalue weighted by atomic mass is 16.7. The van der Waals surface area contributed by atoms with Crippen molar-refractivity contribution in [2.24, 2.45) is 0 Å². The first kappa shape index (κ1) is 15.4. The molecule has 0 spiro atoms. The Morgan fingerprint density at radius 2 is 1.84 bits per heavy atom. The van der Waals surface area contributed by atoms with Crippen LogP contribution in [0.25, 0.3) is 0 Å². The summed E-state index contributed by atoms with van der Waals surface area (Å²) in [5, 5.41) is 2.80. The molecule has 0 saturated carbocycles. The van der Waals surface area contributed by atoms with E-state index in [2.05, 4.69) is 10.3 Å². The quantitative estimate of drug-likeness (QED) is 0.928. The number of amides is 2. The maximum atomic E-state index is 12.5. The second kappa shape index (κ2) is 6.43. The standard InChI is InChI=1S/C18H17N3O4/c22-17(20-13-3-4-15-16(10-13)25-11-24-15)12-5-6-19-14(9-12)18(23)21-7-1-2-8-21/h3-6,9-10H,1-2,7-8,11H2,(H,20,22). The smallest absolute Gasteiger partial charge is 0.272 e. The number of aromatic nitrogens is 1. The van der Waals surface area contributed by atoms with Crippen molar-refractivity contribution in [3.63, 3.8) is 0 Å². The van der Waals surface area contributed by atoms with Crippen molar-refractivity contribution in [3.05, 3.63) is 47.8 Å². The van der Waals surface area contributed by atoms with Crippen LogP contribution in [0.3, 0.4) is 0 Å².